The van der Waals surface area contributed by atoms with Crippen molar-refractivity contribution in [2.45, 2.75) is 12.7 Å². The smallest absolute Gasteiger partial charge is 0.276 e. The third-order valence-electron chi connectivity index (χ3n) is 4.66. The molecular weight excluding hydrogens is 392 g/mol. The second-order valence-corrected chi connectivity index (χ2v) is 6.90. The number of hydrogen-bond acceptors (Lipinski definition) is 10. The molecule has 5 rings (SSSR count). The summed E-state index contributed by atoms with van der Waals surface area (Å²) in [6.45, 7) is 4.48. The summed E-state index contributed by atoms with van der Waals surface area (Å²) in [5, 5.41) is 3.88. The van der Waals surface area contributed by atoms with Crippen molar-refractivity contribution in [1.29, 1.82) is 0 Å². The average Bonchev–Trinajstić information content (AvgIpc) is 3.45. The first-order chi connectivity index (χ1) is 14.2. The maximum absolute atomic E-state index is 5.51. The molecule has 0 radical (unpaired) electrons. The van der Waals surface area contributed by atoms with Gasteiger partial charge in [0.05, 0.1) is 13.2 Å². The van der Waals surface area contributed by atoms with Crippen LogP contribution in [-0.2, 0) is 10.5 Å². The van der Waals surface area contributed by atoms with Crippen molar-refractivity contribution >= 4 is 29.5 Å². The Morgan fingerprint density at radius 2 is 1.97 bits per heavy atom. The zero-order chi connectivity index (χ0) is 19.8. The highest BCUT2D eigenvalue weighted by Crippen LogP contribution is 2.30. The molecule has 0 aliphatic carbocycles. The number of nitrogens with zero attached hydrogens (tertiary/aromatic N) is 8. The van der Waals surface area contributed by atoms with Crippen LogP contribution >= 0.6 is 12.6 Å². The van der Waals surface area contributed by atoms with Gasteiger partial charge in [0.2, 0.25) is 5.95 Å². The monoisotopic (exact) mass is 410 g/mol. The third-order valence-corrected chi connectivity index (χ3v) is 5.00. The lowest BCUT2D eigenvalue weighted by Gasteiger charge is -2.28. The highest BCUT2D eigenvalue weighted by Gasteiger charge is 2.22. The first kappa shape index (κ1) is 18.0. The van der Waals surface area contributed by atoms with Crippen molar-refractivity contribution in [3.05, 3.63) is 36.2 Å². The van der Waals surface area contributed by atoms with Crippen molar-refractivity contribution in [2.24, 2.45) is 0 Å². The molecule has 4 aromatic heterocycles. The summed E-state index contributed by atoms with van der Waals surface area (Å²) >= 11 is 4.51. The first-order valence-corrected chi connectivity index (χ1v) is 9.80. The third kappa shape index (κ3) is 3.32. The van der Waals surface area contributed by atoms with Crippen LogP contribution in [0.1, 0.15) is 11.4 Å². The van der Waals surface area contributed by atoms with E-state index in [1.54, 1.807) is 24.0 Å². The van der Waals surface area contributed by atoms with Gasteiger partial charge in [-0.2, -0.15) is 22.6 Å². The number of ether oxygens (including phenoxy) is 1. The van der Waals surface area contributed by atoms with Crippen LogP contribution in [0.2, 0.25) is 0 Å². The SMILES string of the molecule is Cc1noc(-c2cc(CS)c3nc(-n4ccnc4)nc(N4CCOCC4)c3n2)n1. The molecule has 0 amide bonds. The molecule has 148 valence electrons. The van der Waals surface area contributed by atoms with Gasteiger partial charge in [-0.1, -0.05) is 5.16 Å². The lowest BCUT2D eigenvalue weighted by molar-refractivity contribution is 0.122. The average molecular weight is 410 g/mol. The van der Waals surface area contributed by atoms with Crippen LogP contribution in [0.3, 0.4) is 0 Å². The Bertz CT molecular complexity index is 1150. The molecule has 4 aromatic rings. The molecule has 0 spiro atoms. The van der Waals surface area contributed by atoms with Crippen molar-refractivity contribution in [3.63, 3.8) is 0 Å². The molecule has 0 N–H and O–H groups in total. The molecule has 1 aliphatic rings. The summed E-state index contributed by atoms with van der Waals surface area (Å²) in [6.07, 6.45) is 5.18. The highest BCUT2D eigenvalue weighted by molar-refractivity contribution is 7.79. The van der Waals surface area contributed by atoms with Gasteiger partial charge in [-0.3, -0.25) is 4.57 Å². The van der Waals surface area contributed by atoms with Crippen LogP contribution in [0, 0.1) is 6.92 Å². The normalized spacial score (nSPS) is 14.6. The van der Waals surface area contributed by atoms with E-state index < -0.39 is 0 Å². The molecule has 1 saturated heterocycles. The van der Waals surface area contributed by atoms with Crippen molar-refractivity contribution in [3.8, 4) is 17.5 Å². The van der Waals surface area contributed by atoms with E-state index in [1.165, 1.54) is 0 Å². The Kier molecular flexibility index (Phi) is 4.60. The number of aromatic nitrogens is 7. The van der Waals surface area contributed by atoms with Gasteiger partial charge in [0.25, 0.3) is 5.89 Å². The van der Waals surface area contributed by atoms with Gasteiger partial charge in [-0.15, -0.1) is 0 Å². The van der Waals surface area contributed by atoms with Crippen molar-refractivity contribution in [2.75, 3.05) is 31.2 Å². The van der Waals surface area contributed by atoms with Crippen LogP contribution in [0.4, 0.5) is 5.82 Å². The molecule has 5 heterocycles. The molecule has 0 saturated carbocycles. The Labute approximate surface area is 171 Å². The molecule has 1 fully saturated rings. The Hall–Kier alpha value is -3.05. The number of anilines is 1. The topological polar surface area (TPSA) is 108 Å². The second-order valence-electron chi connectivity index (χ2n) is 6.59. The Balaban J connectivity index is 1.77. The van der Waals surface area contributed by atoms with E-state index in [0.29, 0.717) is 47.8 Å². The molecule has 1 aliphatic heterocycles. The minimum atomic E-state index is 0.360. The number of aryl methyl sites for hydroxylation is 1. The highest BCUT2D eigenvalue weighted by atomic mass is 32.1. The summed E-state index contributed by atoms with van der Waals surface area (Å²) in [5.74, 6) is 2.65. The van der Waals surface area contributed by atoms with Crippen LogP contribution < -0.4 is 4.90 Å². The number of rotatable bonds is 4. The quantitative estimate of drug-likeness (QED) is 0.504. The summed E-state index contributed by atoms with van der Waals surface area (Å²) in [6, 6.07) is 1.88. The zero-order valence-corrected chi connectivity index (χ0v) is 16.6. The fraction of sp³-hybridized carbons (Fsp3) is 0.333. The lowest BCUT2D eigenvalue weighted by atomic mass is 10.1. The lowest BCUT2D eigenvalue weighted by Crippen LogP contribution is -2.37. The van der Waals surface area contributed by atoms with E-state index in [9.17, 15) is 0 Å². The Morgan fingerprint density at radius 1 is 1.10 bits per heavy atom. The maximum Gasteiger partial charge on any atom is 0.276 e. The van der Waals surface area contributed by atoms with Gasteiger partial charge in [0.1, 0.15) is 23.1 Å². The molecule has 11 heteroatoms. The van der Waals surface area contributed by atoms with Crippen LogP contribution in [0.25, 0.3) is 28.6 Å². The standard InChI is InChI=1S/C18H18N8O2S/c1-11-20-17(28-24-11)13-8-12(9-29)14-15(21-13)16(25-4-6-27-7-5-25)23-18(22-14)26-3-2-19-10-26/h2-3,8,10,29H,4-7,9H2,1H3. The minimum absolute atomic E-state index is 0.360. The van der Waals surface area contributed by atoms with Crippen LogP contribution in [0.15, 0.2) is 29.3 Å². The van der Waals surface area contributed by atoms with Crippen LogP contribution in [-0.4, -0.2) is 60.9 Å². The summed E-state index contributed by atoms with van der Waals surface area (Å²) in [4.78, 5) is 25.0. The van der Waals surface area contributed by atoms with E-state index in [0.717, 1.165) is 30.0 Å². The molecule has 29 heavy (non-hydrogen) atoms. The number of thiol groups is 1. The number of morpholine rings is 1. The predicted molar refractivity (Wildman–Crippen MR) is 108 cm³/mol. The number of imidazole rings is 1. The van der Waals surface area contributed by atoms with Gasteiger partial charge < -0.3 is 14.2 Å². The summed E-state index contributed by atoms with van der Waals surface area (Å²) in [7, 11) is 0. The van der Waals surface area contributed by atoms with Crippen molar-refractivity contribution < 1.29 is 9.26 Å². The van der Waals surface area contributed by atoms with Gasteiger partial charge in [-0.25, -0.2) is 15.0 Å². The largest absolute Gasteiger partial charge is 0.378 e. The van der Waals surface area contributed by atoms with E-state index >= 15 is 0 Å². The predicted octanol–water partition coefficient (Wildman–Crippen LogP) is 1.84. The molecule has 10 nitrogen and oxygen atoms in total. The van der Waals surface area contributed by atoms with Crippen LogP contribution in [0.5, 0.6) is 0 Å². The zero-order valence-electron chi connectivity index (χ0n) is 15.7. The molecular formula is C18H18N8O2S. The fourth-order valence-electron chi connectivity index (χ4n) is 3.26. The van der Waals surface area contributed by atoms with Gasteiger partial charge >= 0.3 is 0 Å². The number of pyridine rings is 1. The van der Waals surface area contributed by atoms with E-state index in [2.05, 4.69) is 32.7 Å². The van der Waals surface area contributed by atoms with Gasteiger partial charge in [0.15, 0.2) is 11.6 Å². The van der Waals surface area contributed by atoms with Gasteiger partial charge in [0, 0.05) is 31.2 Å². The summed E-state index contributed by atoms with van der Waals surface area (Å²) < 4.78 is 12.6. The fourth-order valence-corrected chi connectivity index (χ4v) is 3.51. The molecule has 0 aromatic carbocycles. The first-order valence-electron chi connectivity index (χ1n) is 9.17. The summed E-state index contributed by atoms with van der Waals surface area (Å²) in [5.41, 5.74) is 2.89. The number of fused-ring (bicyclic) bond motifs is 1. The number of hydrogen-bond donors (Lipinski definition) is 1. The van der Waals surface area contributed by atoms with Crippen molar-refractivity contribution in [1.82, 2.24) is 34.6 Å². The van der Waals surface area contributed by atoms with E-state index in [-0.39, 0.29) is 0 Å². The van der Waals surface area contributed by atoms with E-state index in [1.807, 2.05) is 12.3 Å². The molecule has 0 unspecified atom stereocenters. The molecule has 0 bridgehead atoms. The van der Waals surface area contributed by atoms with E-state index in [4.69, 9.17) is 24.2 Å². The van der Waals surface area contributed by atoms with Gasteiger partial charge in [-0.05, 0) is 18.6 Å². The Morgan fingerprint density at radius 3 is 2.66 bits per heavy atom. The minimum Gasteiger partial charge on any atom is -0.378 e. The second kappa shape index (κ2) is 7.41. The molecule has 0 atom stereocenters. The maximum atomic E-state index is 5.51.